The maximum atomic E-state index is 5.65. The van der Waals surface area contributed by atoms with Crippen LogP contribution < -0.4 is 20.1 Å². The SMILES string of the molecule is CCOCCOCc1cccc(CNC(=NC)Nc2ccc(OC)c(OCC)c2)c1. The number of hydrogen-bond donors (Lipinski definition) is 2. The number of rotatable bonds is 12. The summed E-state index contributed by atoms with van der Waals surface area (Å²) < 4.78 is 21.9. The molecule has 0 atom stereocenters. The van der Waals surface area contributed by atoms with Gasteiger partial charge in [0.05, 0.1) is 33.5 Å². The Morgan fingerprint density at radius 1 is 0.933 bits per heavy atom. The fourth-order valence-corrected chi connectivity index (χ4v) is 2.81. The van der Waals surface area contributed by atoms with Crippen LogP contribution in [0.15, 0.2) is 47.5 Å². The Morgan fingerprint density at radius 3 is 2.47 bits per heavy atom. The average molecular weight is 416 g/mol. The topological polar surface area (TPSA) is 73.3 Å². The van der Waals surface area contributed by atoms with Gasteiger partial charge in [-0.25, -0.2) is 0 Å². The molecule has 0 unspecified atom stereocenters. The van der Waals surface area contributed by atoms with Crippen molar-refractivity contribution < 1.29 is 18.9 Å². The minimum atomic E-state index is 0.568. The predicted octanol–water partition coefficient (Wildman–Crippen LogP) is 3.83. The van der Waals surface area contributed by atoms with E-state index in [2.05, 4.69) is 33.8 Å². The van der Waals surface area contributed by atoms with Crippen molar-refractivity contribution >= 4 is 11.6 Å². The Balaban J connectivity index is 1.90. The van der Waals surface area contributed by atoms with Crippen molar-refractivity contribution in [3.63, 3.8) is 0 Å². The molecule has 2 rings (SSSR count). The number of hydrogen-bond acceptors (Lipinski definition) is 5. The van der Waals surface area contributed by atoms with E-state index in [9.17, 15) is 0 Å². The van der Waals surface area contributed by atoms with Crippen LogP contribution >= 0.6 is 0 Å². The van der Waals surface area contributed by atoms with Crippen LogP contribution in [0.5, 0.6) is 11.5 Å². The lowest BCUT2D eigenvalue weighted by atomic mass is 10.1. The first-order chi connectivity index (χ1) is 14.7. The largest absolute Gasteiger partial charge is 0.493 e. The van der Waals surface area contributed by atoms with E-state index in [1.807, 2.05) is 38.1 Å². The normalized spacial score (nSPS) is 11.3. The number of anilines is 1. The number of nitrogens with zero attached hydrogens (tertiary/aromatic N) is 1. The number of benzene rings is 2. The number of nitrogens with one attached hydrogen (secondary N) is 2. The average Bonchev–Trinajstić information content (AvgIpc) is 2.77. The monoisotopic (exact) mass is 415 g/mol. The zero-order valence-corrected chi connectivity index (χ0v) is 18.4. The number of ether oxygens (including phenoxy) is 4. The van der Waals surface area contributed by atoms with Gasteiger partial charge < -0.3 is 29.6 Å². The second-order valence-corrected chi connectivity index (χ2v) is 6.42. The highest BCUT2D eigenvalue weighted by molar-refractivity contribution is 5.93. The van der Waals surface area contributed by atoms with E-state index in [1.165, 1.54) is 0 Å². The molecule has 0 aliphatic rings. The highest BCUT2D eigenvalue weighted by Gasteiger charge is 2.07. The summed E-state index contributed by atoms with van der Waals surface area (Å²) in [5.41, 5.74) is 3.14. The van der Waals surface area contributed by atoms with Crippen molar-refractivity contribution in [2.24, 2.45) is 4.99 Å². The van der Waals surface area contributed by atoms with Gasteiger partial charge in [-0.1, -0.05) is 24.3 Å². The molecule has 2 aromatic rings. The molecule has 0 heterocycles. The molecule has 0 fully saturated rings. The van der Waals surface area contributed by atoms with Gasteiger partial charge in [0.25, 0.3) is 0 Å². The van der Waals surface area contributed by atoms with Gasteiger partial charge >= 0.3 is 0 Å². The summed E-state index contributed by atoms with van der Waals surface area (Å²) in [6.45, 7) is 7.63. The highest BCUT2D eigenvalue weighted by atomic mass is 16.5. The predicted molar refractivity (Wildman–Crippen MR) is 121 cm³/mol. The fraction of sp³-hybridized carbons (Fsp3) is 0.435. The molecule has 7 heteroatoms. The zero-order chi connectivity index (χ0) is 21.6. The van der Waals surface area contributed by atoms with Crippen molar-refractivity contribution in [1.29, 1.82) is 0 Å². The second kappa shape index (κ2) is 13.5. The lowest BCUT2D eigenvalue weighted by Crippen LogP contribution is -2.30. The molecule has 0 aliphatic heterocycles. The van der Waals surface area contributed by atoms with Crippen molar-refractivity contribution in [2.75, 3.05) is 45.9 Å². The van der Waals surface area contributed by atoms with E-state index in [0.29, 0.717) is 57.0 Å². The Kier molecular flexibility index (Phi) is 10.5. The molecule has 0 bridgehead atoms. The van der Waals surface area contributed by atoms with Crippen molar-refractivity contribution in [3.05, 3.63) is 53.6 Å². The summed E-state index contributed by atoms with van der Waals surface area (Å²) in [6.07, 6.45) is 0. The molecule has 0 spiro atoms. The van der Waals surface area contributed by atoms with Crippen molar-refractivity contribution in [2.45, 2.75) is 27.0 Å². The summed E-state index contributed by atoms with van der Waals surface area (Å²) in [7, 11) is 3.37. The minimum Gasteiger partial charge on any atom is -0.493 e. The third kappa shape index (κ3) is 7.93. The smallest absolute Gasteiger partial charge is 0.195 e. The Bertz CT molecular complexity index is 796. The molecule has 0 amide bonds. The molecule has 0 aromatic heterocycles. The van der Waals surface area contributed by atoms with Crippen LogP contribution in [0.25, 0.3) is 0 Å². The van der Waals surface area contributed by atoms with Crippen LogP contribution in [-0.4, -0.2) is 46.5 Å². The first kappa shape index (κ1) is 23.5. The van der Waals surface area contributed by atoms with E-state index in [1.54, 1.807) is 14.2 Å². The summed E-state index contributed by atoms with van der Waals surface area (Å²) in [5, 5.41) is 6.61. The first-order valence-electron chi connectivity index (χ1n) is 10.2. The van der Waals surface area contributed by atoms with Crippen LogP contribution in [0, 0.1) is 0 Å². The molecule has 0 saturated carbocycles. The zero-order valence-electron chi connectivity index (χ0n) is 18.4. The van der Waals surface area contributed by atoms with E-state index in [-0.39, 0.29) is 0 Å². The summed E-state index contributed by atoms with van der Waals surface area (Å²) in [6, 6.07) is 14.0. The van der Waals surface area contributed by atoms with Crippen molar-refractivity contribution in [3.8, 4) is 11.5 Å². The molecule has 30 heavy (non-hydrogen) atoms. The molecule has 0 radical (unpaired) electrons. The van der Waals surface area contributed by atoms with Gasteiger partial charge in [0, 0.05) is 32.0 Å². The fourth-order valence-electron chi connectivity index (χ4n) is 2.81. The Labute approximate surface area is 179 Å². The number of aliphatic imine (C=N–C) groups is 1. The number of methoxy groups -OCH3 is 1. The van der Waals surface area contributed by atoms with Crippen LogP contribution in [0.4, 0.5) is 5.69 Å². The molecular formula is C23H33N3O4. The Hall–Kier alpha value is -2.77. The standard InChI is InChI=1S/C23H33N3O4/c1-5-28-12-13-29-17-19-9-7-8-18(14-19)16-25-23(24-3)26-20-10-11-21(27-4)22(15-20)30-6-2/h7-11,14-15H,5-6,12-13,16-17H2,1-4H3,(H2,24,25,26). The summed E-state index contributed by atoms with van der Waals surface area (Å²) in [5.74, 6) is 2.06. The number of guanidine groups is 1. The van der Waals surface area contributed by atoms with Crippen LogP contribution in [-0.2, 0) is 22.6 Å². The maximum Gasteiger partial charge on any atom is 0.195 e. The molecule has 164 valence electrons. The molecular weight excluding hydrogens is 382 g/mol. The third-order valence-corrected chi connectivity index (χ3v) is 4.25. The minimum absolute atomic E-state index is 0.568. The highest BCUT2D eigenvalue weighted by Crippen LogP contribution is 2.30. The first-order valence-corrected chi connectivity index (χ1v) is 10.2. The van der Waals surface area contributed by atoms with Crippen LogP contribution in [0.3, 0.4) is 0 Å². The molecule has 2 N–H and O–H groups in total. The van der Waals surface area contributed by atoms with Crippen molar-refractivity contribution in [1.82, 2.24) is 5.32 Å². The molecule has 2 aromatic carbocycles. The van der Waals surface area contributed by atoms with Crippen LogP contribution in [0.1, 0.15) is 25.0 Å². The van der Waals surface area contributed by atoms with Gasteiger partial charge in [0.1, 0.15) is 0 Å². The lowest BCUT2D eigenvalue weighted by Gasteiger charge is -2.15. The summed E-state index contributed by atoms with van der Waals surface area (Å²) >= 11 is 0. The quantitative estimate of drug-likeness (QED) is 0.312. The van der Waals surface area contributed by atoms with Crippen LogP contribution in [0.2, 0.25) is 0 Å². The van der Waals surface area contributed by atoms with E-state index >= 15 is 0 Å². The van der Waals surface area contributed by atoms with E-state index in [0.717, 1.165) is 16.8 Å². The Morgan fingerprint density at radius 2 is 1.73 bits per heavy atom. The summed E-state index contributed by atoms with van der Waals surface area (Å²) in [4.78, 5) is 4.30. The maximum absolute atomic E-state index is 5.65. The second-order valence-electron chi connectivity index (χ2n) is 6.42. The van der Waals surface area contributed by atoms with E-state index in [4.69, 9.17) is 18.9 Å². The molecule has 0 saturated heterocycles. The van der Waals surface area contributed by atoms with Gasteiger partial charge in [0.15, 0.2) is 17.5 Å². The van der Waals surface area contributed by atoms with Gasteiger partial charge in [0.2, 0.25) is 0 Å². The third-order valence-electron chi connectivity index (χ3n) is 4.25. The van der Waals surface area contributed by atoms with Gasteiger partial charge in [-0.2, -0.15) is 0 Å². The lowest BCUT2D eigenvalue weighted by molar-refractivity contribution is 0.0453. The van der Waals surface area contributed by atoms with Gasteiger partial charge in [-0.3, -0.25) is 4.99 Å². The molecule has 0 aliphatic carbocycles. The van der Waals surface area contributed by atoms with Gasteiger partial charge in [-0.05, 0) is 37.1 Å². The van der Waals surface area contributed by atoms with Gasteiger partial charge in [-0.15, -0.1) is 0 Å². The molecule has 7 nitrogen and oxygen atoms in total. The van der Waals surface area contributed by atoms with E-state index < -0.39 is 0 Å².